The number of nitrogens with zero attached hydrogens (tertiary/aromatic N) is 2. The number of aryl methyl sites for hydroxylation is 2. The van der Waals surface area contributed by atoms with Crippen molar-refractivity contribution >= 4 is 28.3 Å². The fourth-order valence-corrected chi connectivity index (χ4v) is 7.09. The van der Waals surface area contributed by atoms with Crippen LogP contribution in [-0.4, -0.2) is 60.4 Å². The molecule has 40 heavy (non-hydrogen) atoms. The molecule has 2 amide bonds. The van der Waals surface area contributed by atoms with Crippen molar-refractivity contribution in [3.63, 3.8) is 0 Å². The molecule has 2 aliphatic heterocycles. The molecule has 3 aromatic carbocycles. The van der Waals surface area contributed by atoms with Crippen LogP contribution in [0, 0.1) is 11.8 Å². The SMILES string of the molecule is CCN1CCC[C@H]1CNC(=O)[C@H]1C[C@@H](C(=O)Nc2ccc3c(c2)CCC3)CN(Cc2ccc3ccccc3c2)C1. The smallest absolute Gasteiger partial charge is 0.228 e. The van der Waals surface area contributed by atoms with E-state index in [1.165, 1.54) is 40.3 Å². The first kappa shape index (κ1) is 27.0. The van der Waals surface area contributed by atoms with E-state index in [-0.39, 0.29) is 23.7 Å². The molecule has 0 spiro atoms. The molecule has 2 N–H and O–H groups in total. The standard InChI is InChI=1S/C34H42N4O2/c1-2-38-16-6-11-32(38)20-35-33(39)29-18-30(34(40)36-31-15-14-26-9-5-10-28(26)19-31)23-37(22-29)21-24-12-13-25-7-3-4-8-27(25)17-24/h3-4,7-8,12-15,17,19,29-30,32H,2,5-6,9-11,16,18,20-23H2,1H3,(H,35,39)(H,36,40)/t29-,30+,32-/m0/s1. The molecule has 210 valence electrons. The monoisotopic (exact) mass is 538 g/mol. The molecule has 0 radical (unpaired) electrons. The van der Waals surface area contributed by atoms with E-state index in [1.54, 1.807) is 0 Å². The lowest BCUT2D eigenvalue weighted by atomic mass is 9.87. The van der Waals surface area contributed by atoms with E-state index in [4.69, 9.17) is 0 Å². The highest BCUT2D eigenvalue weighted by Crippen LogP contribution is 2.28. The first-order chi connectivity index (χ1) is 19.6. The van der Waals surface area contributed by atoms with E-state index in [2.05, 4.69) is 82.0 Å². The number of benzene rings is 3. The molecule has 0 bridgehead atoms. The number of rotatable bonds is 8. The van der Waals surface area contributed by atoms with Crippen LogP contribution in [0.3, 0.4) is 0 Å². The molecular formula is C34H42N4O2. The minimum atomic E-state index is -0.239. The maximum Gasteiger partial charge on any atom is 0.228 e. The largest absolute Gasteiger partial charge is 0.354 e. The van der Waals surface area contributed by atoms with Gasteiger partial charge in [0.1, 0.15) is 0 Å². The van der Waals surface area contributed by atoms with E-state index in [0.29, 0.717) is 32.1 Å². The number of likely N-dealkylation sites (N-methyl/N-ethyl adjacent to an activating group) is 1. The molecule has 1 aliphatic carbocycles. The van der Waals surface area contributed by atoms with E-state index in [1.807, 2.05) is 6.07 Å². The topological polar surface area (TPSA) is 64.7 Å². The summed E-state index contributed by atoms with van der Waals surface area (Å²) in [6.45, 7) is 7.07. The van der Waals surface area contributed by atoms with Crippen molar-refractivity contribution in [3.8, 4) is 0 Å². The van der Waals surface area contributed by atoms with Gasteiger partial charge in [0.25, 0.3) is 0 Å². The average Bonchev–Trinajstić information content (AvgIpc) is 3.64. The van der Waals surface area contributed by atoms with E-state index >= 15 is 0 Å². The molecule has 3 aliphatic rings. The molecule has 2 fully saturated rings. The molecule has 2 saturated heterocycles. The average molecular weight is 539 g/mol. The Labute approximate surface area is 238 Å². The number of carbonyl (C=O) groups excluding carboxylic acids is 2. The summed E-state index contributed by atoms with van der Waals surface area (Å²) in [5.41, 5.74) is 4.84. The molecule has 6 heteroatoms. The van der Waals surface area contributed by atoms with Gasteiger partial charge >= 0.3 is 0 Å². The zero-order chi connectivity index (χ0) is 27.5. The van der Waals surface area contributed by atoms with Gasteiger partial charge < -0.3 is 10.6 Å². The van der Waals surface area contributed by atoms with Gasteiger partial charge in [-0.25, -0.2) is 0 Å². The lowest BCUT2D eigenvalue weighted by Gasteiger charge is -2.37. The minimum absolute atomic E-state index is 0.0203. The molecule has 0 aromatic heterocycles. The van der Waals surface area contributed by atoms with Gasteiger partial charge in [0.15, 0.2) is 0 Å². The summed E-state index contributed by atoms with van der Waals surface area (Å²) < 4.78 is 0. The molecule has 3 atom stereocenters. The van der Waals surface area contributed by atoms with Gasteiger partial charge in [-0.05, 0) is 97.3 Å². The predicted molar refractivity (Wildman–Crippen MR) is 161 cm³/mol. The maximum atomic E-state index is 13.6. The summed E-state index contributed by atoms with van der Waals surface area (Å²) in [4.78, 5) is 31.8. The Morgan fingerprint density at radius 2 is 1.68 bits per heavy atom. The molecule has 3 aromatic rings. The Morgan fingerprint density at radius 1 is 0.875 bits per heavy atom. The van der Waals surface area contributed by atoms with Gasteiger partial charge in [0.2, 0.25) is 11.8 Å². The van der Waals surface area contributed by atoms with Gasteiger partial charge in [0, 0.05) is 37.9 Å². The van der Waals surface area contributed by atoms with Gasteiger partial charge in [-0.2, -0.15) is 0 Å². The van der Waals surface area contributed by atoms with E-state index < -0.39 is 0 Å². The number of carbonyl (C=O) groups is 2. The third-order valence-electron chi connectivity index (χ3n) is 9.27. The van der Waals surface area contributed by atoms with Crippen LogP contribution in [-0.2, 0) is 29.0 Å². The van der Waals surface area contributed by atoms with Crippen LogP contribution in [0.25, 0.3) is 10.8 Å². The van der Waals surface area contributed by atoms with Gasteiger partial charge in [-0.1, -0.05) is 49.4 Å². The summed E-state index contributed by atoms with van der Waals surface area (Å²) in [5, 5.41) is 8.90. The van der Waals surface area contributed by atoms with Crippen molar-refractivity contribution in [3.05, 3.63) is 77.4 Å². The second-order valence-corrected chi connectivity index (χ2v) is 12.0. The number of piperidine rings is 1. The first-order valence-electron chi connectivity index (χ1n) is 15.2. The minimum Gasteiger partial charge on any atom is -0.354 e. The van der Waals surface area contributed by atoms with Crippen LogP contribution in [0.5, 0.6) is 0 Å². The van der Waals surface area contributed by atoms with Gasteiger partial charge in [-0.15, -0.1) is 0 Å². The third-order valence-corrected chi connectivity index (χ3v) is 9.27. The van der Waals surface area contributed by atoms with Crippen molar-refractivity contribution in [1.29, 1.82) is 0 Å². The first-order valence-corrected chi connectivity index (χ1v) is 15.2. The second kappa shape index (κ2) is 12.1. The fourth-order valence-electron chi connectivity index (χ4n) is 7.09. The number of nitrogens with one attached hydrogen (secondary N) is 2. The second-order valence-electron chi connectivity index (χ2n) is 12.0. The highest BCUT2D eigenvalue weighted by atomic mass is 16.2. The van der Waals surface area contributed by atoms with Crippen LogP contribution in [0.1, 0.15) is 49.3 Å². The summed E-state index contributed by atoms with van der Waals surface area (Å²) in [6.07, 6.45) is 6.32. The van der Waals surface area contributed by atoms with Crippen molar-refractivity contribution in [2.75, 3.05) is 38.0 Å². The van der Waals surface area contributed by atoms with Crippen LogP contribution in [0.15, 0.2) is 60.7 Å². The highest BCUT2D eigenvalue weighted by Gasteiger charge is 2.36. The molecule has 6 nitrogen and oxygen atoms in total. The van der Waals surface area contributed by atoms with Crippen LogP contribution >= 0.6 is 0 Å². The zero-order valence-electron chi connectivity index (χ0n) is 23.7. The number of amides is 2. The predicted octanol–water partition coefficient (Wildman–Crippen LogP) is 5.01. The number of anilines is 1. The van der Waals surface area contributed by atoms with Crippen LogP contribution < -0.4 is 10.6 Å². The molecule has 0 unspecified atom stereocenters. The third kappa shape index (κ3) is 6.08. The Kier molecular flexibility index (Phi) is 8.17. The van der Waals surface area contributed by atoms with Gasteiger partial charge in [-0.3, -0.25) is 19.4 Å². The Bertz CT molecular complexity index is 1370. The molecule has 0 saturated carbocycles. The number of fused-ring (bicyclic) bond motifs is 2. The van der Waals surface area contributed by atoms with E-state index in [9.17, 15) is 9.59 Å². The number of likely N-dealkylation sites (tertiary alicyclic amines) is 2. The number of hydrogen-bond donors (Lipinski definition) is 2. The quantitative estimate of drug-likeness (QED) is 0.424. The normalized spacial score (nSPS) is 23.3. The lowest BCUT2D eigenvalue weighted by Crippen LogP contribution is -2.50. The van der Waals surface area contributed by atoms with Crippen molar-refractivity contribution in [1.82, 2.24) is 15.1 Å². The zero-order valence-corrected chi connectivity index (χ0v) is 23.7. The number of hydrogen-bond acceptors (Lipinski definition) is 4. The molecular weight excluding hydrogens is 496 g/mol. The molecule has 6 rings (SSSR count). The Morgan fingerprint density at radius 3 is 2.52 bits per heavy atom. The van der Waals surface area contributed by atoms with Crippen molar-refractivity contribution < 1.29 is 9.59 Å². The lowest BCUT2D eigenvalue weighted by molar-refractivity contribution is -0.130. The summed E-state index contributed by atoms with van der Waals surface area (Å²) in [5.74, 6) is -0.341. The Balaban J connectivity index is 1.16. The summed E-state index contributed by atoms with van der Waals surface area (Å²) >= 11 is 0. The highest BCUT2D eigenvalue weighted by molar-refractivity contribution is 5.93. The maximum absolute atomic E-state index is 13.6. The fraction of sp³-hybridized carbons (Fsp3) is 0.471. The van der Waals surface area contributed by atoms with Crippen LogP contribution in [0.4, 0.5) is 5.69 Å². The summed E-state index contributed by atoms with van der Waals surface area (Å²) in [6, 6.07) is 21.7. The molecule has 2 heterocycles. The summed E-state index contributed by atoms with van der Waals surface area (Å²) in [7, 11) is 0. The van der Waals surface area contributed by atoms with Crippen molar-refractivity contribution in [2.45, 2.75) is 58.0 Å². The van der Waals surface area contributed by atoms with Gasteiger partial charge in [0.05, 0.1) is 11.8 Å². The van der Waals surface area contributed by atoms with E-state index in [0.717, 1.165) is 44.6 Å². The van der Waals surface area contributed by atoms with Crippen molar-refractivity contribution in [2.24, 2.45) is 11.8 Å². The Hall–Kier alpha value is -3.22. The van der Waals surface area contributed by atoms with Crippen LogP contribution in [0.2, 0.25) is 0 Å².